The summed E-state index contributed by atoms with van der Waals surface area (Å²) in [5.41, 5.74) is 10.9. The number of carbonyl (C=O) groups excluding carboxylic acids is 1. The molecule has 3 aromatic carbocycles. The van der Waals surface area contributed by atoms with Gasteiger partial charge in [-0.25, -0.2) is 4.79 Å². The predicted molar refractivity (Wildman–Crippen MR) is 126 cm³/mol. The van der Waals surface area contributed by atoms with Crippen LogP contribution < -0.4 is 16.0 Å². The molecule has 5 heteroatoms. The molecule has 0 bridgehead atoms. The Morgan fingerprint density at radius 2 is 1.58 bits per heavy atom. The highest BCUT2D eigenvalue weighted by Crippen LogP contribution is 2.26. The van der Waals surface area contributed by atoms with E-state index in [9.17, 15) is 4.79 Å². The highest BCUT2D eigenvalue weighted by atomic mass is 16.5. The van der Waals surface area contributed by atoms with Gasteiger partial charge in [0.1, 0.15) is 6.61 Å². The van der Waals surface area contributed by atoms with Gasteiger partial charge in [0.15, 0.2) is 0 Å². The summed E-state index contributed by atoms with van der Waals surface area (Å²) in [6.07, 6.45) is 2.98. The molecule has 1 amide bonds. The van der Waals surface area contributed by atoms with E-state index in [0.29, 0.717) is 5.92 Å². The summed E-state index contributed by atoms with van der Waals surface area (Å²) >= 11 is 0. The Kier molecular flexibility index (Phi) is 6.72. The second-order valence-corrected chi connectivity index (χ2v) is 8.11. The number of carbonyl (C=O) groups is 1. The van der Waals surface area contributed by atoms with Gasteiger partial charge in [0.2, 0.25) is 0 Å². The van der Waals surface area contributed by atoms with Crippen LogP contribution in [0.25, 0.3) is 0 Å². The first-order valence-corrected chi connectivity index (χ1v) is 10.8. The summed E-state index contributed by atoms with van der Waals surface area (Å²) in [6, 6.07) is 25.9. The number of amides is 1. The molecule has 0 radical (unpaired) electrons. The van der Waals surface area contributed by atoms with Gasteiger partial charge in [0.05, 0.1) is 0 Å². The number of hydrogen-bond donors (Lipinski definition) is 2. The van der Waals surface area contributed by atoms with Gasteiger partial charge in [-0.2, -0.15) is 0 Å². The number of nitrogens with one attached hydrogen (secondary N) is 1. The minimum absolute atomic E-state index is 0.264. The zero-order valence-electron chi connectivity index (χ0n) is 17.7. The zero-order chi connectivity index (χ0) is 21.5. The Morgan fingerprint density at radius 3 is 2.26 bits per heavy atom. The minimum Gasteiger partial charge on any atom is -0.444 e. The van der Waals surface area contributed by atoms with Gasteiger partial charge in [-0.3, -0.25) is 5.32 Å². The Labute approximate surface area is 183 Å². The number of hydrogen-bond acceptors (Lipinski definition) is 4. The van der Waals surface area contributed by atoms with Crippen LogP contribution in [0.2, 0.25) is 0 Å². The van der Waals surface area contributed by atoms with Gasteiger partial charge in [-0.1, -0.05) is 42.5 Å². The van der Waals surface area contributed by atoms with Crippen molar-refractivity contribution in [1.29, 1.82) is 0 Å². The molecule has 1 fully saturated rings. The lowest BCUT2D eigenvalue weighted by Gasteiger charge is -2.33. The van der Waals surface area contributed by atoms with Crippen molar-refractivity contribution in [2.24, 2.45) is 5.92 Å². The Bertz CT molecular complexity index is 964. The van der Waals surface area contributed by atoms with Crippen molar-refractivity contribution in [2.45, 2.75) is 25.9 Å². The molecule has 5 nitrogen and oxygen atoms in total. The topological polar surface area (TPSA) is 67.6 Å². The third-order valence-electron chi connectivity index (χ3n) is 5.81. The summed E-state index contributed by atoms with van der Waals surface area (Å²) in [5, 5.41) is 2.79. The van der Waals surface area contributed by atoms with Crippen LogP contribution in [0.3, 0.4) is 0 Å². The van der Waals surface area contributed by atoms with E-state index in [1.807, 2.05) is 54.6 Å². The highest BCUT2D eigenvalue weighted by Gasteiger charge is 2.19. The molecular formula is C26H29N3O2. The average Bonchev–Trinajstić information content (AvgIpc) is 2.81. The van der Waals surface area contributed by atoms with E-state index in [0.717, 1.165) is 36.4 Å². The van der Waals surface area contributed by atoms with Crippen LogP contribution >= 0.6 is 0 Å². The fraction of sp³-hybridized carbons (Fsp3) is 0.269. The van der Waals surface area contributed by atoms with E-state index in [4.69, 9.17) is 10.5 Å². The molecule has 3 aromatic rings. The molecule has 1 heterocycles. The smallest absolute Gasteiger partial charge is 0.411 e. The molecule has 0 spiro atoms. The lowest BCUT2D eigenvalue weighted by atomic mass is 9.90. The van der Waals surface area contributed by atoms with Crippen LogP contribution in [0.1, 0.15) is 24.0 Å². The molecule has 0 aromatic heterocycles. The molecular weight excluding hydrogens is 386 g/mol. The molecule has 31 heavy (non-hydrogen) atoms. The average molecular weight is 416 g/mol. The monoisotopic (exact) mass is 415 g/mol. The molecule has 3 N–H and O–H groups in total. The molecule has 4 rings (SSSR count). The van der Waals surface area contributed by atoms with Crippen LogP contribution in [-0.4, -0.2) is 19.2 Å². The van der Waals surface area contributed by atoms with Crippen LogP contribution in [0.5, 0.6) is 0 Å². The molecule has 160 valence electrons. The molecule has 1 aliphatic rings. The maximum atomic E-state index is 12.0. The first-order chi connectivity index (χ1) is 15.2. The molecule has 0 saturated carbocycles. The Hall–Kier alpha value is -3.47. The largest absolute Gasteiger partial charge is 0.444 e. The first-order valence-electron chi connectivity index (χ1n) is 10.8. The summed E-state index contributed by atoms with van der Waals surface area (Å²) in [7, 11) is 0. The van der Waals surface area contributed by atoms with E-state index in [-0.39, 0.29) is 6.61 Å². The van der Waals surface area contributed by atoms with Crippen molar-refractivity contribution < 1.29 is 9.53 Å². The van der Waals surface area contributed by atoms with Gasteiger partial charge in [0.25, 0.3) is 0 Å². The molecule has 0 atom stereocenters. The number of nitrogens with two attached hydrogens (primary N) is 1. The fourth-order valence-electron chi connectivity index (χ4n) is 4.01. The number of nitrogens with zero attached hydrogens (tertiary/aromatic N) is 1. The van der Waals surface area contributed by atoms with E-state index < -0.39 is 6.09 Å². The summed E-state index contributed by atoms with van der Waals surface area (Å²) < 4.78 is 5.28. The van der Waals surface area contributed by atoms with Crippen molar-refractivity contribution in [3.05, 3.63) is 90.0 Å². The van der Waals surface area contributed by atoms with Crippen molar-refractivity contribution >= 4 is 23.2 Å². The Morgan fingerprint density at radius 1 is 0.903 bits per heavy atom. The van der Waals surface area contributed by atoms with Crippen LogP contribution in [0.15, 0.2) is 78.9 Å². The third kappa shape index (κ3) is 6.01. The maximum Gasteiger partial charge on any atom is 0.411 e. The van der Waals surface area contributed by atoms with Crippen molar-refractivity contribution in [1.82, 2.24) is 0 Å². The maximum absolute atomic E-state index is 12.0. The molecule has 1 aliphatic heterocycles. The standard InChI is InChI=1S/C26H29N3O2/c27-23-8-12-25(13-9-23)29-16-14-21(15-17-29)18-20-6-10-24(11-7-20)28-26(30)31-19-22-4-2-1-3-5-22/h1-13,21H,14-19,27H2,(H,28,30). The number of anilines is 3. The normalized spacial score (nSPS) is 14.3. The SMILES string of the molecule is Nc1ccc(N2CCC(Cc3ccc(NC(=O)OCc4ccccc4)cc3)CC2)cc1. The van der Waals surface area contributed by atoms with E-state index in [1.165, 1.54) is 24.1 Å². The molecule has 1 saturated heterocycles. The van der Waals surface area contributed by atoms with Gasteiger partial charge < -0.3 is 15.4 Å². The van der Waals surface area contributed by atoms with E-state index in [1.54, 1.807) is 0 Å². The number of rotatable bonds is 6. The van der Waals surface area contributed by atoms with Gasteiger partial charge in [0, 0.05) is 30.2 Å². The van der Waals surface area contributed by atoms with Crippen molar-refractivity contribution in [3.63, 3.8) is 0 Å². The van der Waals surface area contributed by atoms with E-state index in [2.05, 4.69) is 34.5 Å². The summed E-state index contributed by atoms with van der Waals surface area (Å²) in [4.78, 5) is 14.4. The summed E-state index contributed by atoms with van der Waals surface area (Å²) in [5.74, 6) is 0.680. The van der Waals surface area contributed by atoms with Gasteiger partial charge in [-0.15, -0.1) is 0 Å². The fourth-order valence-corrected chi connectivity index (χ4v) is 4.01. The Balaban J connectivity index is 1.21. The lowest BCUT2D eigenvalue weighted by molar-refractivity contribution is 0.155. The lowest BCUT2D eigenvalue weighted by Crippen LogP contribution is -2.34. The minimum atomic E-state index is -0.438. The summed E-state index contributed by atoms with van der Waals surface area (Å²) in [6.45, 7) is 2.41. The molecule has 0 aliphatic carbocycles. The van der Waals surface area contributed by atoms with Gasteiger partial charge >= 0.3 is 6.09 Å². The number of piperidine rings is 1. The zero-order valence-corrected chi connectivity index (χ0v) is 17.7. The predicted octanol–water partition coefficient (Wildman–Crippen LogP) is 5.48. The number of benzene rings is 3. The number of nitrogen functional groups attached to an aromatic ring is 1. The number of ether oxygens (including phenoxy) is 1. The first kappa shape index (κ1) is 20.8. The highest BCUT2D eigenvalue weighted by molar-refractivity contribution is 5.84. The van der Waals surface area contributed by atoms with Crippen LogP contribution in [0, 0.1) is 5.92 Å². The van der Waals surface area contributed by atoms with Crippen molar-refractivity contribution in [2.75, 3.05) is 29.0 Å². The second-order valence-electron chi connectivity index (χ2n) is 8.11. The quantitative estimate of drug-likeness (QED) is 0.524. The van der Waals surface area contributed by atoms with E-state index >= 15 is 0 Å². The third-order valence-corrected chi connectivity index (χ3v) is 5.81. The van der Waals surface area contributed by atoms with Crippen LogP contribution in [-0.2, 0) is 17.8 Å². The molecule has 0 unspecified atom stereocenters. The van der Waals surface area contributed by atoms with Crippen LogP contribution in [0.4, 0.5) is 21.9 Å². The van der Waals surface area contributed by atoms with Gasteiger partial charge in [-0.05, 0) is 72.7 Å². The second kappa shape index (κ2) is 10.0. The van der Waals surface area contributed by atoms with Crippen molar-refractivity contribution in [3.8, 4) is 0 Å².